The average molecular weight is 422 g/mol. The van der Waals surface area contributed by atoms with Gasteiger partial charge in [0.15, 0.2) is 17.3 Å². The Kier molecular flexibility index (Phi) is 5.07. The summed E-state index contributed by atoms with van der Waals surface area (Å²) in [7, 11) is 3.18. The van der Waals surface area contributed by atoms with E-state index in [1.165, 1.54) is 16.9 Å². The molecule has 0 aliphatic rings. The van der Waals surface area contributed by atoms with E-state index < -0.39 is 0 Å². The van der Waals surface area contributed by atoms with E-state index in [1.54, 1.807) is 18.6 Å². The number of methoxy groups -OCH3 is 2. The monoisotopic (exact) mass is 421 g/mol. The number of hydrogen-bond acceptors (Lipinski definition) is 6. The molecule has 0 spiro atoms. The van der Waals surface area contributed by atoms with Crippen LogP contribution in [0.25, 0.3) is 22.4 Å². The molecule has 2 aromatic carbocycles. The maximum absolute atomic E-state index is 13.1. The molecule has 0 N–H and O–H groups in total. The van der Waals surface area contributed by atoms with Crippen LogP contribution in [0, 0.1) is 0 Å². The van der Waals surface area contributed by atoms with E-state index in [0.717, 1.165) is 11.1 Å². The maximum atomic E-state index is 13.1. The molecule has 4 aromatic rings. The van der Waals surface area contributed by atoms with Gasteiger partial charge in [-0.2, -0.15) is 0 Å². The molecule has 154 valence electrons. The van der Waals surface area contributed by atoms with Gasteiger partial charge in [0, 0.05) is 5.56 Å². The maximum Gasteiger partial charge on any atom is 0.276 e. The molecule has 2 heterocycles. The highest BCUT2D eigenvalue weighted by Gasteiger charge is 2.17. The summed E-state index contributed by atoms with van der Waals surface area (Å²) in [5, 5.41) is 8.47. The van der Waals surface area contributed by atoms with Gasteiger partial charge in [0.2, 0.25) is 4.96 Å². The van der Waals surface area contributed by atoms with Gasteiger partial charge < -0.3 is 9.47 Å². The van der Waals surface area contributed by atoms with Gasteiger partial charge in [0.25, 0.3) is 5.56 Å². The predicted octanol–water partition coefficient (Wildman–Crippen LogP) is 3.68. The minimum atomic E-state index is -0.135. The molecule has 0 bridgehead atoms. The number of hydrogen-bond donors (Lipinski definition) is 0. The van der Waals surface area contributed by atoms with Crippen molar-refractivity contribution in [2.45, 2.75) is 26.2 Å². The number of ether oxygens (including phenoxy) is 2. The molecule has 7 heteroatoms. The van der Waals surface area contributed by atoms with Crippen LogP contribution in [0.15, 0.2) is 47.3 Å². The molecule has 0 amide bonds. The number of aromatic nitrogens is 3. The van der Waals surface area contributed by atoms with Gasteiger partial charge in [-0.25, -0.2) is 4.40 Å². The Hall–Kier alpha value is -3.19. The Morgan fingerprint density at radius 3 is 2.30 bits per heavy atom. The summed E-state index contributed by atoms with van der Waals surface area (Å²) < 4.78 is 12.8. The fourth-order valence-corrected chi connectivity index (χ4v) is 4.18. The van der Waals surface area contributed by atoms with Crippen LogP contribution in [-0.4, -0.2) is 28.8 Å². The third-order valence-electron chi connectivity index (χ3n) is 4.96. The SMILES string of the molecule is COc1ccc(C=c2sc3nnc(-c4ccc(C(C)(C)C)cc4)n3c2=O)cc1OC. The van der Waals surface area contributed by atoms with Crippen molar-refractivity contribution in [3.05, 3.63) is 68.5 Å². The third kappa shape index (κ3) is 3.57. The first-order valence-corrected chi connectivity index (χ1v) is 10.4. The zero-order chi connectivity index (χ0) is 21.5. The summed E-state index contributed by atoms with van der Waals surface area (Å²) in [5.41, 5.74) is 2.86. The minimum absolute atomic E-state index is 0.0618. The number of nitrogens with zero attached hydrogens (tertiary/aromatic N) is 3. The summed E-state index contributed by atoms with van der Waals surface area (Å²) in [6, 6.07) is 13.7. The van der Waals surface area contributed by atoms with Gasteiger partial charge in [-0.1, -0.05) is 62.4 Å². The van der Waals surface area contributed by atoms with Crippen molar-refractivity contribution < 1.29 is 9.47 Å². The normalized spacial score (nSPS) is 12.5. The lowest BCUT2D eigenvalue weighted by atomic mass is 9.87. The summed E-state index contributed by atoms with van der Waals surface area (Å²) in [6.45, 7) is 6.51. The van der Waals surface area contributed by atoms with Crippen molar-refractivity contribution in [2.24, 2.45) is 0 Å². The first-order chi connectivity index (χ1) is 14.3. The van der Waals surface area contributed by atoms with Gasteiger partial charge in [0.05, 0.1) is 18.8 Å². The Labute approximate surface area is 178 Å². The van der Waals surface area contributed by atoms with Crippen LogP contribution in [-0.2, 0) is 5.41 Å². The van der Waals surface area contributed by atoms with E-state index in [2.05, 4.69) is 43.1 Å². The van der Waals surface area contributed by atoms with Crippen molar-refractivity contribution in [3.8, 4) is 22.9 Å². The van der Waals surface area contributed by atoms with Crippen molar-refractivity contribution >= 4 is 22.4 Å². The van der Waals surface area contributed by atoms with Crippen LogP contribution in [0.4, 0.5) is 0 Å². The number of fused-ring (bicyclic) bond motifs is 1. The van der Waals surface area contributed by atoms with Crippen LogP contribution in [0.2, 0.25) is 0 Å². The van der Waals surface area contributed by atoms with E-state index in [1.807, 2.05) is 36.4 Å². The second-order valence-electron chi connectivity index (χ2n) is 8.00. The van der Waals surface area contributed by atoms with Crippen molar-refractivity contribution in [1.29, 1.82) is 0 Å². The standard InChI is InChI=1S/C23H23N3O3S/c1-23(2,3)16-9-7-15(8-10-16)20-24-25-22-26(20)21(27)19(30-22)13-14-6-11-17(28-4)18(12-14)29-5/h6-13H,1-5H3. The van der Waals surface area contributed by atoms with E-state index in [4.69, 9.17) is 9.47 Å². The smallest absolute Gasteiger partial charge is 0.276 e. The molecule has 0 aliphatic carbocycles. The zero-order valence-corrected chi connectivity index (χ0v) is 18.4. The highest BCUT2D eigenvalue weighted by molar-refractivity contribution is 7.15. The van der Waals surface area contributed by atoms with Crippen LogP contribution in [0.1, 0.15) is 31.9 Å². The quantitative estimate of drug-likeness (QED) is 0.503. The van der Waals surface area contributed by atoms with Crippen LogP contribution in [0.3, 0.4) is 0 Å². The van der Waals surface area contributed by atoms with Crippen LogP contribution in [0.5, 0.6) is 11.5 Å². The molecule has 0 atom stereocenters. The first kappa shape index (κ1) is 20.1. The van der Waals surface area contributed by atoms with Gasteiger partial charge in [0.1, 0.15) is 0 Å². The first-order valence-electron chi connectivity index (χ1n) is 9.54. The largest absolute Gasteiger partial charge is 0.493 e. The lowest BCUT2D eigenvalue weighted by molar-refractivity contribution is 0.355. The molecule has 0 saturated carbocycles. The molecule has 4 rings (SSSR count). The number of rotatable bonds is 4. The van der Waals surface area contributed by atoms with Crippen LogP contribution < -0.4 is 19.6 Å². The topological polar surface area (TPSA) is 65.7 Å². The predicted molar refractivity (Wildman–Crippen MR) is 120 cm³/mol. The average Bonchev–Trinajstić information content (AvgIpc) is 3.28. The molecular formula is C23H23N3O3S. The Morgan fingerprint density at radius 1 is 0.967 bits per heavy atom. The van der Waals surface area contributed by atoms with E-state index in [9.17, 15) is 4.79 Å². The van der Waals surface area contributed by atoms with Gasteiger partial charge >= 0.3 is 0 Å². The number of benzene rings is 2. The van der Waals surface area contributed by atoms with Gasteiger partial charge in [-0.3, -0.25) is 4.79 Å². The Balaban J connectivity index is 1.79. The van der Waals surface area contributed by atoms with E-state index in [-0.39, 0.29) is 11.0 Å². The molecule has 6 nitrogen and oxygen atoms in total. The molecule has 0 saturated heterocycles. The molecule has 30 heavy (non-hydrogen) atoms. The second kappa shape index (κ2) is 7.57. The summed E-state index contributed by atoms with van der Waals surface area (Å²) in [4.78, 5) is 13.7. The highest BCUT2D eigenvalue weighted by atomic mass is 32.1. The molecule has 0 aliphatic heterocycles. The molecule has 2 aromatic heterocycles. The summed E-state index contributed by atoms with van der Waals surface area (Å²) in [5.74, 6) is 1.81. The molecule has 0 radical (unpaired) electrons. The summed E-state index contributed by atoms with van der Waals surface area (Å²) in [6.07, 6.45) is 1.83. The fourth-order valence-electron chi connectivity index (χ4n) is 3.26. The van der Waals surface area contributed by atoms with E-state index in [0.29, 0.717) is 26.8 Å². The molecule has 0 unspecified atom stereocenters. The third-order valence-corrected chi connectivity index (χ3v) is 5.92. The van der Waals surface area contributed by atoms with Crippen molar-refractivity contribution in [2.75, 3.05) is 14.2 Å². The molecular weight excluding hydrogens is 398 g/mol. The fraction of sp³-hybridized carbons (Fsp3) is 0.261. The Bertz CT molecular complexity index is 1310. The van der Waals surface area contributed by atoms with Crippen molar-refractivity contribution in [3.63, 3.8) is 0 Å². The van der Waals surface area contributed by atoms with Crippen LogP contribution >= 0.6 is 11.3 Å². The summed E-state index contributed by atoms with van der Waals surface area (Å²) >= 11 is 1.31. The number of thiazole rings is 1. The lowest BCUT2D eigenvalue weighted by Gasteiger charge is -2.18. The van der Waals surface area contributed by atoms with E-state index >= 15 is 0 Å². The Morgan fingerprint density at radius 2 is 1.67 bits per heavy atom. The second-order valence-corrected chi connectivity index (χ2v) is 9.01. The van der Waals surface area contributed by atoms with Crippen molar-refractivity contribution in [1.82, 2.24) is 14.6 Å². The van der Waals surface area contributed by atoms with Gasteiger partial charge in [-0.05, 0) is 34.8 Å². The lowest BCUT2D eigenvalue weighted by Crippen LogP contribution is -2.23. The molecule has 0 fully saturated rings. The minimum Gasteiger partial charge on any atom is -0.493 e. The highest BCUT2D eigenvalue weighted by Crippen LogP contribution is 2.28. The zero-order valence-electron chi connectivity index (χ0n) is 17.6. The van der Waals surface area contributed by atoms with Gasteiger partial charge in [-0.15, -0.1) is 10.2 Å².